The molecule has 1 saturated heterocycles. The summed E-state index contributed by atoms with van der Waals surface area (Å²) in [6.45, 7) is 7.88. The quantitative estimate of drug-likeness (QED) is 0.0217. The highest BCUT2D eigenvalue weighted by atomic mass is 35.5. The smallest absolute Gasteiger partial charge is 0.296 e. The number of amides is 1. The number of anilines is 4. The molecule has 0 bridgehead atoms. The fourth-order valence-electron chi connectivity index (χ4n) is 7.38. The first-order valence-corrected chi connectivity index (χ1v) is 23.8. The van der Waals surface area contributed by atoms with Crippen molar-refractivity contribution in [2.75, 3.05) is 71.6 Å². The van der Waals surface area contributed by atoms with Gasteiger partial charge in [-0.05, 0) is 90.8 Å². The molecule has 2 heterocycles. The van der Waals surface area contributed by atoms with Crippen molar-refractivity contribution in [3.63, 3.8) is 0 Å². The lowest BCUT2D eigenvalue weighted by Crippen LogP contribution is -2.46. The summed E-state index contributed by atoms with van der Waals surface area (Å²) in [7, 11) is 0.841. The van der Waals surface area contributed by atoms with Crippen LogP contribution in [-0.4, -0.2) is 66.8 Å². The zero-order valence-corrected chi connectivity index (χ0v) is 37.1. The van der Waals surface area contributed by atoms with Gasteiger partial charge in [0.1, 0.15) is 11.4 Å². The molecule has 5 aromatic carbocycles. The van der Waals surface area contributed by atoms with E-state index in [9.17, 15) is 14.9 Å². The fraction of sp³-hybridized carbons (Fsp3) is 0.222. The predicted octanol–water partition coefficient (Wildman–Crippen LogP) is 11.2. The van der Waals surface area contributed by atoms with Crippen molar-refractivity contribution in [3.8, 4) is 28.1 Å². The van der Waals surface area contributed by atoms with Crippen molar-refractivity contribution in [1.82, 2.24) is 9.29 Å². The lowest BCUT2D eigenvalue weighted by molar-refractivity contribution is -0.384. The average Bonchev–Trinajstić information content (AvgIpc) is 3.53. The Kier molecular flexibility index (Phi) is 14.1. The topological polar surface area (TPSA) is 117 Å². The summed E-state index contributed by atoms with van der Waals surface area (Å²) in [6, 6.07) is 39.6. The van der Waals surface area contributed by atoms with E-state index in [2.05, 4.69) is 65.9 Å². The van der Waals surface area contributed by atoms with Crippen molar-refractivity contribution >= 4 is 78.0 Å². The third-order valence-corrected chi connectivity index (χ3v) is 13.1. The summed E-state index contributed by atoms with van der Waals surface area (Å²) in [5, 5.41) is 19.2. The van der Waals surface area contributed by atoms with Crippen LogP contribution in [0.3, 0.4) is 0 Å². The van der Waals surface area contributed by atoms with E-state index in [-0.39, 0.29) is 16.5 Å². The second kappa shape index (κ2) is 19.8. The molecule has 0 radical (unpaired) electrons. The molecule has 0 aliphatic carbocycles. The van der Waals surface area contributed by atoms with Crippen LogP contribution < -0.4 is 29.4 Å². The van der Waals surface area contributed by atoms with E-state index in [1.807, 2.05) is 93.6 Å². The largest absolute Gasteiger partial charge is 0.453 e. The van der Waals surface area contributed by atoms with Crippen LogP contribution in [0.5, 0.6) is 5.75 Å². The summed E-state index contributed by atoms with van der Waals surface area (Å²) in [6.07, 6.45) is 1.85. The van der Waals surface area contributed by atoms with Gasteiger partial charge in [-0.25, -0.2) is 0 Å². The maximum atomic E-state index is 13.5. The van der Waals surface area contributed by atoms with Crippen molar-refractivity contribution in [3.05, 3.63) is 148 Å². The number of thioether (sulfide) groups is 1. The lowest BCUT2D eigenvalue weighted by atomic mass is 9.96. The molecular formula is C45H47ClN7O4PS2. The number of piperazine rings is 1. The van der Waals surface area contributed by atoms with E-state index in [0.29, 0.717) is 28.6 Å². The first kappa shape index (κ1) is 42.8. The van der Waals surface area contributed by atoms with Gasteiger partial charge in [-0.3, -0.25) is 19.6 Å². The Balaban J connectivity index is 0.962. The van der Waals surface area contributed by atoms with Gasteiger partial charge in [-0.15, -0.1) is 11.8 Å². The molecule has 11 nitrogen and oxygen atoms in total. The first-order valence-electron chi connectivity index (χ1n) is 19.5. The van der Waals surface area contributed by atoms with Crippen molar-refractivity contribution < 1.29 is 14.2 Å². The number of nitro benzene ring substituents is 1. The first-order chi connectivity index (χ1) is 29.1. The Labute approximate surface area is 366 Å². The van der Waals surface area contributed by atoms with Crippen LogP contribution in [0.2, 0.25) is 5.02 Å². The van der Waals surface area contributed by atoms with Gasteiger partial charge in [0.15, 0.2) is 8.30 Å². The number of rotatable bonds is 16. The Hall–Kier alpha value is -5.33. The monoisotopic (exact) mass is 879 g/mol. The zero-order valence-electron chi connectivity index (χ0n) is 33.9. The number of nitrogens with one attached hydrogen (secondary N) is 3. The molecule has 3 N–H and O–H groups in total. The minimum absolute atomic E-state index is 0.0165. The molecule has 1 aromatic heterocycles. The van der Waals surface area contributed by atoms with Crippen LogP contribution in [0, 0.1) is 17.0 Å². The number of hydrogen-bond donors (Lipinski definition) is 3. The van der Waals surface area contributed by atoms with Crippen LogP contribution in [-0.2, 0) is 7.05 Å². The minimum atomic E-state index is -1.16. The zero-order chi connectivity index (χ0) is 42.2. The number of carbonyl (C=O) groups is 1. The maximum Gasteiger partial charge on any atom is 0.296 e. The summed E-state index contributed by atoms with van der Waals surface area (Å²) < 4.78 is 11.2. The van der Waals surface area contributed by atoms with Gasteiger partial charge in [0, 0.05) is 96.7 Å². The number of nitrogens with zero attached hydrogens (tertiary/aromatic N) is 4. The maximum absolute atomic E-state index is 13.5. The Bertz CT molecular complexity index is 2430. The van der Waals surface area contributed by atoms with Gasteiger partial charge >= 0.3 is 0 Å². The van der Waals surface area contributed by atoms with Crippen LogP contribution in [0.4, 0.5) is 28.4 Å². The van der Waals surface area contributed by atoms with Crippen LogP contribution in [0.1, 0.15) is 16.1 Å². The van der Waals surface area contributed by atoms with E-state index >= 15 is 0 Å². The van der Waals surface area contributed by atoms with E-state index in [0.717, 1.165) is 82.0 Å². The Morgan fingerprint density at radius 3 is 2.25 bits per heavy atom. The summed E-state index contributed by atoms with van der Waals surface area (Å²) in [4.78, 5) is 31.0. The SMILES string of the molecule is CSNC(=O)c1c(-c2cccc(N3CCN(c4ccc(NP(C)Oc5ccc(NCCSc6ccccc6)c([N+](=O)[O-])c5)cc4)CC3)c2)c(-c2ccc(Cl)cc2)n(C)c1C. The number of benzene rings is 5. The molecule has 7 rings (SSSR count). The van der Waals surface area contributed by atoms with Crippen molar-refractivity contribution in [2.24, 2.45) is 7.05 Å². The van der Waals surface area contributed by atoms with Gasteiger partial charge in [0.05, 0.1) is 22.2 Å². The number of nitro groups is 1. The molecule has 1 aliphatic heterocycles. The van der Waals surface area contributed by atoms with E-state index in [1.165, 1.54) is 18.0 Å². The highest BCUT2D eigenvalue weighted by molar-refractivity contribution is 7.99. The van der Waals surface area contributed by atoms with Gasteiger partial charge in [-0.2, -0.15) is 0 Å². The van der Waals surface area contributed by atoms with Crippen LogP contribution in [0.25, 0.3) is 22.4 Å². The van der Waals surface area contributed by atoms with Gasteiger partial charge in [0.2, 0.25) is 0 Å². The van der Waals surface area contributed by atoms with E-state index in [4.69, 9.17) is 16.1 Å². The average molecular weight is 880 g/mol. The number of hydrogen-bond acceptors (Lipinski definition) is 10. The summed E-state index contributed by atoms with van der Waals surface area (Å²) in [5.41, 5.74) is 8.98. The molecule has 1 unspecified atom stereocenters. The molecule has 310 valence electrons. The fourth-order valence-corrected chi connectivity index (χ4v) is 9.57. The van der Waals surface area contributed by atoms with Gasteiger partial charge in [-0.1, -0.05) is 66.0 Å². The van der Waals surface area contributed by atoms with Crippen molar-refractivity contribution in [1.29, 1.82) is 0 Å². The molecule has 0 spiro atoms. The van der Waals surface area contributed by atoms with E-state index < -0.39 is 8.30 Å². The molecular weight excluding hydrogens is 833 g/mol. The van der Waals surface area contributed by atoms with Crippen LogP contribution in [0.15, 0.2) is 126 Å². The highest BCUT2D eigenvalue weighted by Gasteiger charge is 2.27. The van der Waals surface area contributed by atoms with Gasteiger partial charge < -0.3 is 29.3 Å². The Morgan fingerprint density at radius 2 is 1.57 bits per heavy atom. The van der Waals surface area contributed by atoms with Crippen molar-refractivity contribution in [2.45, 2.75) is 11.8 Å². The summed E-state index contributed by atoms with van der Waals surface area (Å²) >= 11 is 9.25. The third-order valence-electron chi connectivity index (χ3n) is 10.4. The van der Waals surface area contributed by atoms with Crippen LogP contribution >= 0.6 is 43.6 Å². The number of aromatic nitrogens is 1. The molecule has 15 heteroatoms. The molecule has 6 aromatic rings. The standard InChI is InChI=1S/C45H47ClN7O4PS2/c1-31-42(45(54)49-59-4)43(44(50(31)2)32-13-15-34(46)16-14-32)33-9-8-10-37(29-33)52-26-24-51(25-27-52)36-19-17-35(18-20-36)48-58(3)57-38-21-22-40(41(30-38)53(55)56)47-23-28-60-39-11-6-5-7-12-39/h5-22,29-30,47-48H,23-28H2,1-4H3,(H,49,54). The van der Waals surface area contributed by atoms with E-state index in [1.54, 1.807) is 23.9 Å². The molecule has 1 atom stereocenters. The second-order valence-corrected chi connectivity index (χ2v) is 17.8. The second-order valence-electron chi connectivity index (χ2n) is 14.2. The molecule has 60 heavy (non-hydrogen) atoms. The molecule has 0 saturated carbocycles. The third kappa shape index (κ3) is 10.2. The normalized spacial score (nSPS) is 13.2. The minimum Gasteiger partial charge on any atom is -0.453 e. The number of halogens is 1. The molecule has 1 fully saturated rings. The highest BCUT2D eigenvalue weighted by Crippen LogP contribution is 2.41. The molecule has 1 aliphatic rings. The predicted molar refractivity (Wildman–Crippen MR) is 254 cm³/mol. The molecule has 1 amide bonds. The summed E-state index contributed by atoms with van der Waals surface area (Å²) in [5.74, 6) is 1.09. The van der Waals surface area contributed by atoms with Gasteiger partial charge in [0.25, 0.3) is 11.6 Å². The number of carbonyl (C=O) groups excluding carboxylic acids is 1. The lowest BCUT2D eigenvalue weighted by Gasteiger charge is -2.37. The Morgan fingerprint density at radius 1 is 0.867 bits per heavy atom.